The molecular weight excluding hydrogens is 328 g/mol. The molecule has 3 rings (SSSR count). The number of aromatic nitrogens is 1. The first-order valence-electron chi connectivity index (χ1n) is 8.57. The average molecular weight is 350 g/mol. The number of hydrogen-bond acceptors (Lipinski definition) is 3. The normalized spacial score (nSPS) is 11.7. The first-order chi connectivity index (χ1) is 12.8. The Balaban J connectivity index is 1.71. The van der Waals surface area contributed by atoms with E-state index in [0.717, 1.165) is 5.56 Å². The molecule has 1 heterocycles. The summed E-state index contributed by atoms with van der Waals surface area (Å²) in [6.45, 7) is 0.217. The van der Waals surface area contributed by atoms with Crippen molar-refractivity contribution in [2.75, 3.05) is 18.5 Å². The van der Waals surface area contributed by atoms with Crippen molar-refractivity contribution in [2.45, 2.75) is 12.5 Å². The van der Waals surface area contributed by atoms with Crippen LogP contribution in [0.25, 0.3) is 0 Å². The van der Waals surface area contributed by atoms with Crippen LogP contribution in [0.5, 0.6) is 5.75 Å². The van der Waals surface area contributed by atoms with Gasteiger partial charge in [0.1, 0.15) is 18.4 Å². The Morgan fingerprint density at radius 1 is 1.00 bits per heavy atom. The van der Waals surface area contributed by atoms with Gasteiger partial charge in [-0.25, -0.2) is 0 Å². The number of amides is 1. The van der Waals surface area contributed by atoms with Gasteiger partial charge in [0, 0.05) is 24.5 Å². The van der Waals surface area contributed by atoms with Gasteiger partial charge in [0.25, 0.3) is 0 Å². The van der Waals surface area contributed by atoms with E-state index >= 15 is 0 Å². The highest BCUT2D eigenvalue weighted by Crippen LogP contribution is 2.20. The fourth-order valence-electron chi connectivity index (χ4n) is 2.75. The zero-order chi connectivity index (χ0) is 18.2. The van der Waals surface area contributed by atoms with Gasteiger partial charge >= 0.3 is 0 Å². The zero-order valence-electron chi connectivity index (χ0n) is 14.4. The van der Waals surface area contributed by atoms with Crippen molar-refractivity contribution in [2.24, 2.45) is 0 Å². The summed E-state index contributed by atoms with van der Waals surface area (Å²) in [5.41, 5.74) is 1.81. The molecule has 5 nitrogen and oxygen atoms in total. The van der Waals surface area contributed by atoms with Crippen LogP contribution in [-0.2, 0) is 11.2 Å². The lowest BCUT2D eigenvalue weighted by molar-refractivity contribution is -0.119. The van der Waals surface area contributed by atoms with Crippen LogP contribution in [0.1, 0.15) is 11.6 Å². The van der Waals surface area contributed by atoms with Gasteiger partial charge in [-0.1, -0.05) is 30.3 Å². The van der Waals surface area contributed by atoms with E-state index < -0.39 is 0 Å². The molecule has 5 heteroatoms. The number of carbonyl (C=O) groups excluding carboxylic acids is 1. The van der Waals surface area contributed by atoms with Crippen LogP contribution in [0.3, 0.4) is 0 Å². The Bertz CT molecular complexity index is 799. The third-order valence-corrected chi connectivity index (χ3v) is 4.04. The highest BCUT2D eigenvalue weighted by molar-refractivity contribution is 5.94. The van der Waals surface area contributed by atoms with Gasteiger partial charge in [-0.2, -0.15) is 0 Å². The Labute approximate surface area is 152 Å². The van der Waals surface area contributed by atoms with Crippen LogP contribution in [-0.4, -0.2) is 28.8 Å². The molecule has 2 N–H and O–H groups in total. The smallest absolute Gasteiger partial charge is 0.247 e. The lowest BCUT2D eigenvalue weighted by atomic mass is 10.0. The molecule has 0 radical (unpaired) electrons. The van der Waals surface area contributed by atoms with Gasteiger partial charge in [-0.3, -0.25) is 4.79 Å². The molecule has 0 aliphatic rings. The molecule has 0 spiro atoms. The Morgan fingerprint density at radius 3 is 2.35 bits per heavy atom. The Hall–Kier alpha value is -3.05. The predicted octanol–water partition coefficient (Wildman–Crippen LogP) is 3.28. The molecule has 0 bridgehead atoms. The molecule has 2 aromatic carbocycles. The molecule has 134 valence electrons. The van der Waals surface area contributed by atoms with Gasteiger partial charge in [0.15, 0.2) is 0 Å². The highest BCUT2D eigenvalue weighted by atomic mass is 16.5. The van der Waals surface area contributed by atoms with Crippen LogP contribution in [0.2, 0.25) is 0 Å². The van der Waals surface area contributed by atoms with Crippen molar-refractivity contribution in [3.05, 3.63) is 84.7 Å². The first-order valence-corrected chi connectivity index (χ1v) is 8.57. The van der Waals surface area contributed by atoms with E-state index in [1.807, 2.05) is 59.4 Å². The van der Waals surface area contributed by atoms with Gasteiger partial charge < -0.3 is 19.7 Å². The third kappa shape index (κ3) is 4.74. The minimum Gasteiger partial charge on any atom is -0.491 e. The van der Waals surface area contributed by atoms with Crippen LogP contribution in [0, 0.1) is 0 Å². The maximum atomic E-state index is 12.9. The Morgan fingerprint density at radius 2 is 1.69 bits per heavy atom. The molecule has 3 aromatic rings. The summed E-state index contributed by atoms with van der Waals surface area (Å²) < 4.78 is 7.25. The summed E-state index contributed by atoms with van der Waals surface area (Å²) in [6, 6.07) is 20.6. The van der Waals surface area contributed by atoms with E-state index in [-0.39, 0.29) is 25.2 Å². The lowest BCUT2D eigenvalue weighted by Crippen LogP contribution is -2.27. The van der Waals surface area contributed by atoms with E-state index in [2.05, 4.69) is 5.32 Å². The Kier molecular flexibility index (Phi) is 6.06. The molecule has 1 aromatic heterocycles. The number of anilines is 1. The summed E-state index contributed by atoms with van der Waals surface area (Å²) in [6.07, 6.45) is 4.41. The van der Waals surface area contributed by atoms with Crippen LogP contribution in [0.4, 0.5) is 5.69 Å². The molecule has 1 amide bonds. The van der Waals surface area contributed by atoms with Crippen LogP contribution >= 0.6 is 0 Å². The zero-order valence-corrected chi connectivity index (χ0v) is 14.4. The van der Waals surface area contributed by atoms with Gasteiger partial charge in [-0.15, -0.1) is 0 Å². The van der Waals surface area contributed by atoms with E-state index in [0.29, 0.717) is 17.9 Å². The van der Waals surface area contributed by atoms with Crippen molar-refractivity contribution in [3.63, 3.8) is 0 Å². The van der Waals surface area contributed by atoms with Crippen LogP contribution in [0.15, 0.2) is 79.1 Å². The van der Waals surface area contributed by atoms with Gasteiger partial charge in [-0.05, 0) is 42.0 Å². The average Bonchev–Trinajstić information content (AvgIpc) is 3.21. The largest absolute Gasteiger partial charge is 0.491 e. The summed E-state index contributed by atoms with van der Waals surface area (Å²) in [5.74, 6) is 0.581. The summed E-state index contributed by atoms with van der Waals surface area (Å²) in [5, 5.41) is 11.8. The van der Waals surface area contributed by atoms with Crippen molar-refractivity contribution in [1.29, 1.82) is 0 Å². The van der Waals surface area contributed by atoms with Gasteiger partial charge in [0.05, 0.1) is 6.61 Å². The van der Waals surface area contributed by atoms with E-state index in [4.69, 9.17) is 9.84 Å². The first kappa shape index (κ1) is 17.8. The topological polar surface area (TPSA) is 63.5 Å². The quantitative estimate of drug-likeness (QED) is 0.655. The summed E-state index contributed by atoms with van der Waals surface area (Å²) in [7, 11) is 0. The lowest BCUT2D eigenvalue weighted by Gasteiger charge is -2.19. The second kappa shape index (κ2) is 8.87. The summed E-state index contributed by atoms with van der Waals surface area (Å²) >= 11 is 0. The molecule has 0 aliphatic carbocycles. The third-order valence-electron chi connectivity index (χ3n) is 4.04. The minimum atomic E-state index is -0.335. The number of aliphatic hydroxyl groups is 1. The van der Waals surface area contributed by atoms with E-state index in [1.54, 1.807) is 24.3 Å². The number of nitrogens with zero attached hydrogens (tertiary/aromatic N) is 1. The highest BCUT2D eigenvalue weighted by Gasteiger charge is 2.20. The number of carbonyl (C=O) groups is 1. The van der Waals surface area contributed by atoms with Crippen molar-refractivity contribution in [3.8, 4) is 5.75 Å². The number of hydrogen-bond donors (Lipinski definition) is 2. The van der Waals surface area contributed by atoms with E-state index in [9.17, 15) is 4.79 Å². The van der Waals surface area contributed by atoms with Crippen molar-refractivity contribution >= 4 is 11.6 Å². The monoisotopic (exact) mass is 350 g/mol. The van der Waals surface area contributed by atoms with E-state index in [1.165, 1.54) is 0 Å². The second-order valence-electron chi connectivity index (χ2n) is 5.92. The molecule has 26 heavy (non-hydrogen) atoms. The van der Waals surface area contributed by atoms with Gasteiger partial charge in [0.2, 0.25) is 5.91 Å². The number of aliphatic hydroxyl groups excluding tert-OH is 1. The standard InChI is InChI=1S/C21H22N2O3/c24-14-15-26-19-10-8-18(9-11-19)22-21(25)20(23-12-4-5-13-23)16-17-6-2-1-3-7-17/h1-13,20,24H,14-16H2,(H,22,25)/t20-/m1/s1. The number of benzene rings is 2. The van der Waals surface area contributed by atoms with Crippen LogP contribution < -0.4 is 10.1 Å². The summed E-state index contributed by atoms with van der Waals surface area (Å²) in [4.78, 5) is 12.9. The molecular formula is C21H22N2O3. The molecule has 0 aliphatic heterocycles. The number of ether oxygens (including phenoxy) is 1. The SMILES string of the molecule is O=C(Nc1ccc(OCCO)cc1)[C@@H](Cc1ccccc1)n1cccc1. The number of rotatable bonds is 8. The molecule has 0 fully saturated rings. The fourth-order valence-corrected chi connectivity index (χ4v) is 2.75. The molecule has 0 saturated heterocycles. The van der Waals surface area contributed by atoms with Crippen molar-refractivity contribution in [1.82, 2.24) is 4.57 Å². The molecule has 0 saturated carbocycles. The maximum absolute atomic E-state index is 12.9. The molecule has 1 atom stereocenters. The maximum Gasteiger partial charge on any atom is 0.247 e. The number of nitrogens with one attached hydrogen (secondary N) is 1. The molecule has 0 unspecified atom stereocenters. The second-order valence-corrected chi connectivity index (χ2v) is 5.92. The van der Waals surface area contributed by atoms with Crippen molar-refractivity contribution < 1.29 is 14.6 Å². The fraction of sp³-hybridized carbons (Fsp3) is 0.190. The predicted molar refractivity (Wildman–Crippen MR) is 101 cm³/mol. The minimum absolute atomic E-state index is 0.0312.